The zero-order chi connectivity index (χ0) is 20.0. The Morgan fingerprint density at radius 1 is 0.593 bits per heavy atom. The third-order valence-corrected chi connectivity index (χ3v) is 5.57. The van der Waals surface area contributed by atoms with Crippen molar-refractivity contribution in [2.24, 2.45) is 0 Å². The van der Waals surface area contributed by atoms with Gasteiger partial charge in [-0.25, -0.2) is 0 Å². The quantitative estimate of drug-likeness (QED) is 0.188. The van der Waals surface area contributed by atoms with Crippen LogP contribution >= 0.6 is 0 Å². The van der Waals surface area contributed by atoms with Gasteiger partial charge in [-0.3, -0.25) is 4.79 Å². The van der Waals surface area contributed by atoms with Gasteiger partial charge in [0.05, 0.1) is 6.10 Å². The summed E-state index contributed by atoms with van der Waals surface area (Å²) in [4.78, 5) is 10.4. The highest BCUT2D eigenvalue weighted by molar-refractivity contribution is 5.66. The third-order valence-electron chi connectivity index (χ3n) is 5.57. The first-order valence-electron chi connectivity index (χ1n) is 12.1. The molecule has 0 saturated heterocycles. The number of carboxylic acids is 1. The van der Waals surface area contributed by atoms with E-state index in [0.29, 0.717) is 12.8 Å². The van der Waals surface area contributed by atoms with Crippen molar-refractivity contribution >= 4 is 5.97 Å². The molecule has 3 nitrogen and oxygen atoms in total. The lowest BCUT2D eigenvalue weighted by atomic mass is 10.0. The van der Waals surface area contributed by atoms with Crippen LogP contribution in [-0.2, 0) is 4.79 Å². The Bertz CT molecular complexity index is 304. The number of hydrogen-bond acceptors (Lipinski definition) is 2. The van der Waals surface area contributed by atoms with E-state index in [4.69, 9.17) is 5.11 Å². The first kappa shape index (κ1) is 26.4. The normalized spacial score (nSPS) is 12.4. The van der Waals surface area contributed by atoms with Gasteiger partial charge in [0.15, 0.2) is 0 Å². The molecule has 0 aliphatic carbocycles. The molecule has 3 heteroatoms. The van der Waals surface area contributed by atoms with Gasteiger partial charge in [-0.1, -0.05) is 116 Å². The Morgan fingerprint density at radius 3 is 1.30 bits per heavy atom. The van der Waals surface area contributed by atoms with E-state index in [-0.39, 0.29) is 12.5 Å². The van der Waals surface area contributed by atoms with Crippen LogP contribution in [0.2, 0.25) is 0 Å². The van der Waals surface area contributed by atoms with Gasteiger partial charge in [0.1, 0.15) is 0 Å². The standard InChI is InChI=1S/C24H48O3/c1-2-3-4-5-6-7-8-9-10-11-12-13-14-15-16-17-18-20-23(25)21-19-22-24(26)27/h23,25H,2-22H2,1H3,(H,26,27). The van der Waals surface area contributed by atoms with E-state index in [1.165, 1.54) is 103 Å². The van der Waals surface area contributed by atoms with Crippen LogP contribution in [0.5, 0.6) is 0 Å². The summed E-state index contributed by atoms with van der Waals surface area (Å²) in [5.41, 5.74) is 0. The van der Waals surface area contributed by atoms with Crippen LogP contribution in [0.1, 0.15) is 142 Å². The van der Waals surface area contributed by atoms with E-state index in [0.717, 1.165) is 12.8 Å². The summed E-state index contributed by atoms with van der Waals surface area (Å²) in [6.07, 6.45) is 25.2. The van der Waals surface area contributed by atoms with Gasteiger partial charge in [0.2, 0.25) is 0 Å². The predicted octanol–water partition coefficient (Wildman–Crippen LogP) is 7.64. The summed E-state index contributed by atoms with van der Waals surface area (Å²) in [6, 6.07) is 0. The maximum absolute atomic E-state index is 10.4. The van der Waals surface area contributed by atoms with E-state index in [1.807, 2.05) is 0 Å². The maximum Gasteiger partial charge on any atom is 0.303 e. The highest BCUT2D eigenvalue weighted by atomic mass is 16.4. The van der Waals surface area contributed by atoms with Crippen LogP contribution < -0.4 is 0 Å². The first-order chi connectivity index (χ1) is 13.2. The van der Waals surface area contributed by atoms with E-state index in [1.54, 1.807) is 0 Å². The molecule has 0 aliphatic heterocycles. The van der Waals surface area contributed by atoms with Crippen molar-refractivity contribution in [3.05, 3.63) is 0 Å². The molecule has 0 amide bonds. The number of aliphatic hydroxyl groups is 1. The maximum atomic E-state index is 10.4. The van der Waals surface area contributed by atoms with Gasteiger partial charge < -0.3 is 10.2 Å². The molecule has 162 valence electrons. The summed E-state index contributed by atoms with van der Waals surface area (Å²) in [5.74, 6) is -0.764. The molecule has 0 heterocycles. The average molecular weight is 385 g/mol. The molecule has 27 heavy (non-hydrogen) atoms. The summed E-state index contributed by atoms with van der Waals surface area (Å²) in [7, 11) is 0. The fourth-order valence-electron chi connectivity index (χ4n) is 3.74. The zero-order valence-electron chi connectivity index (χ0n) is 18.2. The first-order valence-corrected chi connectivity index (χ1v) is 12.1. The molecule has 0 aromatic heterocycles. The van der Waals surface area contributed by atoms with Gasteiger partial charge in [-0.15, -0.1) is 0 Å². The van der Waals surface area contributed by atoms with Gasteiger partial charge in [0.25, 0.3) is 0 Å². The van der Waals surface area contributed by atoms with Crippen LogP contribution in [0.4, 0.5) is 0 Å². The Labute approximate surface area is 169 Å². The van der Waals surface area contributed by atoms with Gasteiger partial charge in [-0.05, 0) is 19.3 Å². The van der Waals surface area contributed by atoms with Crippen molar-refractivity contribution in [1.82, 2.24) is 0 Å². The number of rotatable bonds is 22. The van der Waals surface area contributed by atoms with Gasteiger partial charge in [0, 0.05) is 6.42 Å². The number of carboxylic acid groups (broad SMARTS) is 1. The van der Waals surface area contributed by atoms with Crippen molar-refractivity contribution in [3.8, 4) is 0 Å². The molecule has 0 rings (SSSR count). The van der Waals surface area contributed by atoms with E-state index < -0.39 is 5.97 Å². The molecule has 0 saturated carbocycles. The van der Waals surface area contributed by atoms with Crippen LogP contribution in [0.25, 0.3) is 0 Å². The fourth-order valence-corrected chi connectivity index (χ4v) is 3.74. The SMILES string of the molecule is CCCCCCCCCCCCCCCCCCCC(O)CCCC(=O)O. The molecule has 0 aliphatic rings. The minimum absolute atomic E-state index is 0.177. The fraction of sp³-hybridized carbons (Fsp3) is 0.958. The highest BCUT2D eigenvalue weighted by Crippen LogP contribution is 2.15. The second kappa shape index (κ2) is 21.7. The van der Waals surface area contributed by atoms with Crippen molar-refractivity contribution in [2.75, 3.05) is 0 Å². The lowest BCUT2D eigenvalue weighted by Gasteiger charge is -2.09. The van der Waals surface area contributed by atoms with E-state index in [2.05, 4.69) is 6.92 Å². The lowest BCUT2D eigenvalue weighted by molar-refractivity contribution is -0.137. The number of aliphatic carboxylic acids is 1. The van der Waals surface area contributed by atoms with Crippen molar-refractivity contribution < 1.29 is 15.0 Å². The van der Waals surface area contributed by atoms with Crippen LogP contribution in [0.3, 0.4) is 0 Å². The molecule has 2 N–H and O–H groups in total. The number of unbranched alkanes of at least 4 members (excludes halogenated alkanes) is 16. The number of carbonyl (C=O) groups is 1. The van der Waals surface area contributed by atoms with Crippen LogP contribution in [0, 0.1) is 0 Å². The topological polar surface area (TPSA) is 57.5 Å². The largest absolute Gasteiger partial charge is 0.481 e. The summed E-state index contributed by atoms with van der Waals surface area (Å²) < 4.78 is 0. The summed E-state index contributed by atoms with van der Waals surface area (Å²) in [5, 5.41) is 18.4. The summed E-state index contributed by atoms with van der Waals surface area (Å²) in [6.45, 7) is 2.28. The monoisotopic (exact) mass is 384 g/mol. The number of aliphatic hydroxyl groups excluding tert-OH is 1. The smallest absolute Gasteiger partial charge is 0.303 e. The Kier molecular flexibility index (Phi) is 21.3. The highest BCUT2D eigenvalue weighted by Gasteiger charge is 2.05. The van der Waals surface area contributed by atoms with Crippen molar-refractivity contribution in [2.45, 2.75) is 148 Å². The van der Waals surface area contributed by atoms with Crippen LogP contribution in [0.15, 0.2) is 0 Å². The minimum atomic E-state index is -0.764. The summed E-state index contributed by atoms with van der Waals surface area (Å²) >= 11 is 0. The Hall–Kier alpha value is -0.570. The number of hydrogen-bond donors (Lipinski definition) is 2. The Morgan fingerprint density at radius 2 is 0.926 bits per heavy atom. The molecule has 0 spiro atoms. The molecule has 1 atom stereocenters. The van der Waals surface area contributed by atoms with Crippen molar-refractivity contribution in [1.29, 1.82) is 0 Å². The molecule has 0 aromatic carbocycles. The predicted molar refractivity (Wildman–Crippen MR) is 116 cm³/mol. The Balaban J connectivity index is 3.09. The van der Waals surface area contributed by atoms with Gasteiger partial charge >= 0.3 is 5.97 Å². The van der Waals surface area contributed by atoms with E-state index in [9.17, 15) is 9.90 Å². The lowest BCUT2D eigenvalue weighted by Crippen LogP contribution is -2.07. The van der Waals surface area contributed by atoms with Gasteiger partial charge in [-0.2, -0.15) is 0 Å². The molecule has 0 radical (unpaired) electrons. The molecule has 0 fully saturated rings. The molecule has 1 unspecified atom stereocenters. The van der Waals surface area contributed by atoms with Crippen molar-refractivity contribution in [3.63, 3.8) is 0 Å². The van der Waals surface area contributed by atoms with E-state index >= 15 is 0 Å². The van der Waals surface area contributed by atoms with Crippen LogP contribution in [-0.4, -0.2) is 22.3 Å². The molecule has 0 aromatic rings. The third kappa shape index (κ3) is 23.4. The minimum Gasteiger partial charge on any atom is -0.481 e. The molecular formula is C24H48O3. The average Bonchev–Trinajstić information content (AvgIpc) is 2.64. The molecular weight excluding hydrogens is 336 g/mol. The zero-order valence-corrected chi connectivity index (χ0v) is 18.2. The second-order valence-corrected chi connectivity index (χ2v) is 8.39. The molecule has 0 bridgehead atoms. The second-order valence-electron chi connectivity index (χ2n) is 8.39.